The van der Waals surface area contributed by atoms with Gasteiger partial charge < -0.3 is 5.32 Å². The first-order valence-electron chi connectivity index (χ1n) is 11.0. The Bertz CT molecular complexity index is 1360. The number of benzene rings is 1. The highest BCUT2D eigenvalue weighted by atomic mass is 32.1. The van der Waals surface area contributed by atoms with Gasteiger partial charge in [0.15, 0.2) is 0 Å². The summed E-state index contributed by atoms with van der Waals surface area (Å²) in [5.74, 6) is -0.191. The molecule has 1 N–H and O–H groups in total. The summed E-state index contributed by atoms with van der Waals surface area (Å²) in [7, 11) is 0. The van der Waals surface area contributed by atoms with Crippen molar-refractivity contribution in [3.63, 3.8) is 0 Å². The molecular weight excluding hydrogens is 434 g/mol. The number of carbonyl (C=O) groups is 1. The average Bonchev–Trinajstić information content (AvgIpc) is 3.35. The SMILES string of the molecule is Cc1ccc(-c2cc(C(=O)Nc3sc4c(c3C#N)CCCCCC4)c3ccccc3n2)s1. The molecule has 0 fully saturated rings. The fourth-order valence-electron chi connectivity index (χ4n) is 4.36. The van der Waals surface area contributed by atoms with Crippen molar-refractivity contribution in [2.24, 2.45) is 0 Å². The first kappa shape index (κ1) is 20.9. The molecule has 3 aromatic heterocycles. The molecule has 3 heterocycles. The highest BCUT2D eigenvalue weighted by molar-refractivity contribution is 7.16. The number of nitriles is 1. The number of fused-ring (bicyclic) bond motifs is 2. The van der Waals surface area contributed by atoms with Crippen LogP contribution in [0, 0.1) is 18.3 Å². The number of nitrogens with one attached hydrogen (secondary N) is 1. The highest BCUT2D eigenvalue weighted by Crippen LogP contribution is 2.37. The molecular formula is C26H23N3OS2. The monoisotopic (exact) mass is 457 g/mol. The van der Waals surface area contributed by atoms with Crippen LogP contribution >= 0.6 is 22.7 Å². The molecule has 0 saturated carbocycles. The van der Waals surface area contributed by atoms with E-state index in [1.807, 2.05) is 36.4 Å². The summed E-state index contributed by atoms with van der Waals surface area (Å²) in [6.07, 6.45) is 6.59. The minimum Gasteiger partial charge on any atom is -0.312 e. The van der Waals surface area contributed by atoms with E-state index in [9.17, 15) is 10.1 Å². The van der Waals surface area contributed by atoms with Gasteiger partial charge in [-0.1, -0.05) is 31.0 Å². The van der Waals surface area contributed by atoms with E-state index in [1.54, 1.807) is 22.7 Å². The van der Waals surface area contributed by atoms with E-state index in [2.05, 4.69) is 24.4 Å². The third kappa shape index (κ3) is 3.94. The van der Waals surface area contributed by atoms with Crippen LogP contribution in [0.5, 0.6) is 0 Å². The number of nitrogens with zero attached hydrogens (tertiary/aromatic N) is 2. The van der Waals surface area contributed by atoms with Crippen molar-refractivity contribution in [1.82, 2.24) is 4.98 Å². The number of pyridine rings is 1. The van der Waals surface area contributed by atoms with Crippen molar-refractivity contribution in [2.75, 3.05) is 5.32 Å². The maximum Gasteiger partial charge on any atom is 0.257 e. The minimum absolute atomic E-state index is 0.191. The lowest BCUT2D eigenvalue weighted by Gasteiger charge is -2.10. The molecule has 4 aromatic rings. The number of hydrogen-bond acceptors (Lipinski definition) is 5. The first-order valence-corrected chi connectivity index (χ1v) is 12.6. The Kier molecular flexibility index (Phi) is 5.77. The Morgan fingerprint density at radius 1 is 1.06 bits per heavy atom. The average molecular weight is 458 g/mol. The second-order valence-electron chi connectivity index (χ2n) is 8.17. The van der Waals surface area contributed by atoms with Crippen LogP contribution in [0.2, 0.25) is 0 Å². The van der Waals surface area contributed by atoms with Crippen molar-refractivity contribution < 1.29 is 4.79 Å². The zero-order valence-electron chi connectivity index (χ0n) is 17.9. The van der Waals surface area contributed by atoms with Gasteiger partial charge >= 0.3 is 0 Å². The highest BCUT2D eigenvalue weighted by Gasteiger charge is 2.22. The number of carbonyl (C=O) groups excluding carboxylic acids is 1. The molecule has 1 aromatic carbocycles. The van der Waals surface area contributed by atoms with Gasteiger partial charge in [-0.25, -0.2) is 4.98 Å². The van der Waals surface area contributed by atoms with Crippen molar-refractivity contribution in [3.8, 4) is 16.6 Å². The zero-order chi connectivity index (χ0) is 22.1. The van der Waals surface area contributed by atoms with Crippen LogP contribution in [-0.2, 0) is 12.8 Å². The normalized spacial score (nSPS) is 13.8. The topological polar surface area (TPSA) is 65.8 Å². The minimum atomic E-state index is -0.191. The van der Waals surface area contributed by atoms with Crippen LogP contribution in [0.3, 0.4) is 0 Å². The molecule has 0 saturated heterocycles. The van der Waals surface area contributed by atoms with Crippen LogP contribution in [0.25, 0.3) is 21.5 Å². The second kappa shape index (κ2) is 8.85. The predicted octanol–water partition coefficient (Wildman–Crippen LogP) is 7.12. The van der Waals surface area contributed by atoms with E-state index in [0.29, 0.717) is 16.1 Å². The van der Waals surface area contributed by atoms with Gasteiger partial charge in [-0.05, 0) is 62.4 Å². The van der Waals surface area contributed by atoms with Gasteiger partial charge in [0, 0.05) is 15.1 Å². The van der Waals surface area contributed by atoms with Crippen LogP contribution < -0.4 is 5.32 Å². The Labute approximate surface area is 195 Å². The fourth-order valence-corrected chi connectivity index (χ4v) is 6.42. The molecule has 4 nitrogen and oxygen atoms in total. The van der Waals surface area contributed by atoms with Gasteiger partial charge in [-0.3, -0.25) is 4.79 Å². The molecule has 1 amide bonds. The summed E-state index contributed by atoms with van der Waals surface area (Å²) in [5.41, 5.74) is 3.96. The predicted molar refractivity (Wildman–Crippen MR) is 133 cm³/mol. The Morgan fingerprint density at radius 3 is 2.66 bits per heavy atom. The van der Waals surface area contributed by atoms with Crippen LogP contribution in [0.4, 0.5) is 5.00 Å². The molecule has 0 bridgehead atoms. The first-order chi connectivity index (χ1) is 15.6. The summed E-state index contributed by atoms with van der Waals surface area (Å²) in [6.45, 7) is 2.06. The number of rotatable bonds is 3. The molecule has 1 aliphatic rings. The molecule has 32 heavy (non-hydrogen) atoms. The van der Waals surface area contributed by atoms with Gasteiger partial charge in [0.1, 0.15) is 11.1 Å². The summed E-state index contributed by atoms with van der Waals surface area (Å²) < 4.78 is 0. The van der Waals surface area contributed by atoms with Crippen molar-refractivity contribution in [3.05, 3.63) is 68.9 Å². The van der Waals surface area contributed by atoms with Gasteiger partial charge in [-0.2, -0.15) is 5.26 Å². The van der Waals surface area contributed by atoms with Crippen LogP contribution in [0.15, 0.2) is 42.5 Å². The molecule has 0 unspecified atom stereocenters. The quantitative estimate of drug-likeness (QED) is 0.356. The number of hydrogen-bond donors (Lipinski definition) is 1. The third-order valence-corrected chi connectivity index (χ3v) is 8.19. The molecule has 160 valence electrons. The van der Waals surface area contributed by atoms with Crippen LogP contribution in [-0.4, -0.2) is 10.9 Å². The summed E-state index contributed by atoms with van der Waals surface area (Å²) in [6, 6.07) is 16.1. The standard InChI is InChI=1S/C26H23N3OS2/c1-16-12-13-24(31-16)22-14-19(17-8-6-7-10-21(17)28-22)25(30)29-26-20(15-27)18-9-4-2-3-5-11-23(18)32-26/h6-8,10,12-14H,2-5,9,11H2,1H3,(H,29,30). The number of thiophene rings is 2. The van der Waals surface area contributed by atoms with Crippen LogP contribution in [0.1, 0.15) is 56.9 Å². The Morgan fingerprint density at radius 2 is 1.88 bits per heavy atom. The lowest BCUT2D eigenvalue weighted by molar-refractivity contribution is 0.102. The van der Waals surface area contributed by atoms with E-state index < -0.39 is 0 Å². The van der Waals surface area contributed by atoms with Crippen molar-refractivity contribution >= 4 is 44.5 Å². The van der Waals surface area contributed by atoms with Gasteiger partial charge in [0.2, 0.25) is 0 Å². The van der Waals surface area contributed by atoms with Gasteiger partial charge in [0.25, 0.3) is 5.91 Å². The maximum absolute atomic E-state index is 13.5. The molecule has 0 aliphatic heterocycles. The number of aromatic nitrogens is 1. The van der Waals surface area contributed by atoms with Crippen molar-refractivity contribution in [1.29, 1.82) is 5.26 Å². The zero-order valence-corrected chi connectivity index (χ0v) is 19.5. The lowest BCUT2D eigenvalue weighted by Crippen LogP contribution is -2.13. The van der Waals surface area contributed by atoms with Crippen molar-refractivity contribution in [2.45, 2.75) is 45.4 Å². The molecule has 1 aliphatic carbocycles. The molecule has 0 radical (unpaired) electrons. The largest absolute Gasteiger partial charge is 0.312 e. The van der Waals surface area contributed by atoms with E-state index in [-0.39, 0.29) is 5.91 Å². The smallest absolute Gasteiger partial charge is 0.257 e. The van der Waals surface area contributed by atoms with Gasteiger partial charge in [-0.15, -0.1) is 22.7 Å². The third-order valence-electron chi connectivity index (χ3n) is 5.96. The van der Waals surface area contributed by atoms with E-state index in [1.165, 1.54) is 22.6 Å². The van der Waals surface area contributed by atoms with E-state index >= 15 is 0 Å². The summed E-state index contributed by atoms with van der Waals surface area (Å²) in [5, 5.41) is 14.5. The summed E-state index contributed by atoms with van der Waals surface area (Å²) in [4.78, 5) is 21.8. The Balaban J connectivity index is 1.56. The lowest BCUT2D eigenvalue weighted by atomic mass is 9.97. The summed E-state index contributed by atoms with van der Waals surface area (Å²) >= 11 is 3.24. The fraction of sp³-hybridized carbons (Fsp3) is 0.269. The molecule has 6 heteroatoms. The van der Waals surface area contributed by atoms with E-state index in [4.69, 9.17) is 4.98 Å². The van der Waals surface area contributed by atoms with E-state index in [0.717, 1.165) is 52.7 Å². The number of amides is 1. The Hall–Kier alpha value is -3.01. The number of para-hydroxylation sites is 1. The molecule has 0 spiro atoms. The van der Waals surface area contributed by atoms with Gasteiger partial charge in [0.05, 0.1) is 27.2 Å². The number of anilines is 1. The number of aryl methyl sites for hydroxylation is 2. The molecule has 5 rings (SSSR count). The molecule has 0 atom stereocenters. The second-order valence-corrected chi connectivity index (χ2v) is 10.6. The maximum atomic E-state index is 13.5.